The van der Waals surface area contributed by atoms with Crippen molar-refractivity contribution in [3.63, 3.8) is 0 Å². The molecular formula is C13H16N2O3. The minimum Gasteiger partial charge on any atom is -0.408 e. The highest BCUT2D eigenvalue weighted by Crippen LogP contribution is 2.20. The number of aliphatic hydroxyl groups excluding tert-OH is 1. The zero-order chi connectivity index (χ0) is 12.5. The molecule has 1 aromatic heterocycles. The Bertz CT molecular complexity index is 596. The summed E-state index contributed by atoms with van der Waals surface area (Å²) in [6, 6.07) is 5.32. The van der Waals surface area contributed by atoms with Crippen LogP contribution in [0.1, 0.15) is 24.5 Å². The molecule has 0 saturated carbocycles. The van der Waals surface area contributed by atoms with E-state index in [1.165, 1.54) is 12.8 Å². The molecule has 2 N–H and O–H groups in total. The molecule has 1 saturated heterocycles. The Labute approximate surface area is 104 Å². The highest BCUT2D eigenvalue weighted by atomic mass is 16.4. The van der Waals surface area contributed by atoms with E-state index in [9.17, 15) is 9.90 Å². The standard InChI is InChI=1S/C13H16N2O3/c16-11(8-15-5-1-2-6-15)9-3-4-10-12(7-9)18-13(17)14-10/h3-4,7,11,16H,1-2,5-6,8H2,(H,14,17). The number of rotatable bonds is 3. The lowest BCUT2D eigenvalue weighted by Gasteiger charge is -2.19. The predicted molar refractivity (Wildman–Crippen MR) is 67.5 cm³/mol. The lowest BCUT2D eigenvalue weighted by molar-refractivity contribution is 0.126. The van der Waals surface area contributed by atoms with Crippen molar-refractivity contribution in [1.82, 2.24) is 9.88 Å². The van der Waals surface area contributed by atoms with Crippen LogP contribution in [0.5, 0.6) is 0 Å². The van der Waals surface area contributed by atoms with Gasteiger partial charge in [-0.25, -0.2) is 4.79 Å². The van der Waals surface area contributed by atoms with Gasteiger partial charge in [-0.2, -0.15) is 0 Å². The molecule has 5 nitrogen and oxygen atoms in total. The molecule has 2 aromatic rings. The van der Waals surface area contributed by atoms with E-state index in [0.29, 0.717) is 17.6 Å². The van der Waals surface area contributed by atoms with Crippen LogP contribution in [0.25, 0.3) is 11.1 Å². The van der Waals surface area contributed by atoms with Crippen LogP contribution >= 0.6 is 0 Å². The first-order chi connectivity index (χ1) is 8.72. The number of H-pyrrole nitrogens is 1. The second-order valence-corrected chi connectivity index (χ2v) is 4.79. The molecule has 1 aromatic carbocycles. The van der Waals surface area contributed by atoms with Crippen molar-refractivity contribution in [2.45, 2.75) is 18.9 Å². The molecule has 96 valence electrons. The van der Waals surface area contributed by atoms with Crippen molar-refractivity contribution in [1.29, 1.82) is 0 Å². The zero-order valence-corrected chi connectivity index (χ0v) is 10.1. The van der Waals surface area contributed by atoms with Crippen LogP contribution in [-0.2, 0) is 0 Å². The number of aromatic amines is 1. The second kappa shape index (κ2) is 4.59. The fourth-order valence-electron chi connectivity index (χ4n) is 2.48. The maximum absolute atomic E-state index is 11.1. The number of likely N-dealkylation sites (tertiary alicyclic amines) is 1. The van der Waals surface area contributed by atoms with Gasteiger partial charge in [0.05, 0.1) is 11.6 Å². The summed E-state index contributed by atoms with van der Waals surface area (Å²) in [4.78, 5) is 15.9. The molecule has 2 heterocycles. The highest BCUT2D eigenvalue weighted by Gasteiger charge is 2.17. The Kier molecular flexibility index (Phi) is 2.93. The Balaban J connectivity index is 1.81. The van der Waals surface area contributed by atoms with Crippen LogP contribution in [0.3, 0.4) is 0 Å². The normalized spacial score (nSPS) is 18.5. The number of hydrogen-bond donors (Lipinski definition) is 2. The third kappa shape index (κ3) is 2.19. The van der Waals surface area contributed by atoms with E-state index in [-0.39, 0.29) is 0 Å². The largest absolute Gasteiger partial charge is 0.417 e. The van der Waals surface area contributed by atoms with Gasteiger partial charge in [-0.1, -0.05) is 6.07 Å². The van der Waals surface area contributed by atoms with Crippen LogP contribution in [-0.4, -0.2) is 34.6 Å². The van der Waals surface area contributed by atoms with Crippen molar-refractivity contribution >= 4 is 11.1 Å². The lowest BCUT2D eigenvalue weighted by atomic mass is 10.1. The van der Waals surface area contributed by atoms with Crippen LogP contribution in [0.2, 0.25) is 0 Å². The Morgan fingerprint density at radius 1 is 1.39 bits per heavy atom. The molecule has 1 atom stereocenters. The number of nitrogens with zero attached hydrogens (tertiary/aromatic N) is 1. The molecule has 1 fully saturated rings. The predicted octanol–water partition coefficient (Wildman–Crippen LogP) is 1.25. The maximum atomic E-state index is 11.1. The van der Waals surface area contributed by atoms with Gasteiger partial charge >= 0.3 is 5.76 Å². The zero-order valence-electron chi connectivity index (χ0n) is 10.1. The van der Waals surface area contributed by atoms with Gasteiger partial charge in [-0.05, 0) is 43.6 Å². The van der Waals surface area contributed by atoms with E-state index in [4.69, 9.17) is 4.42 Å². The summed E-state index contributed by atoms with van der Waals surface area (Å²) in [7, 11) is 0. The molecule has 3 rings (SSSR count). The average molecular weight is 248 g/mol. The average Bonchev–Trinajstić information content (AvgIpc) is 2.95. The number of nitrogens with one attached hydrogen (secondary N) is 1. The summed E-state index contributed by atoms with van der Waals surface area (Å²) >= 11 is 0. The van der Waals surface area contributed by atoms with Crippen LogP contribution in [0.4, 0.5) is 0 Å². The number of aromatic nitrogens is 1. The van der Waals surface area contributed by atoms with E-state index in [1.807, 2.05) is 6.07 Å². The summed E-state index contributed by atoms with van der Waals surface area (Å²) in [5, 5.41) is 10.2. The fourth-order valence-corrected chi connectivity index (χ4v) is 2.48. The van der Waals surface area contributed by atoms with Gasteiger partial charge in [0.25, 0.3) is 0 Å². The summed E-state index contributed by atoms with van der Waals surface area (Å²) in [5.41, 5.74) is 1.95. The van der Waals surface area contributed by atoms with E-state index < -0.39 is 11.9 Å². The first-order valence-electron chi connectivity index (χ1n) is 6.25. The molecule has 0 bridgehead atoms. The molecule has 1 aliphatic rings. The van der Waals surface area contributed by atoms with Gasteiger partial charge in [0.15, 0.2) is 5.58 Å². The molecule has 5 heteroatoms. The number of aliphatic hydroxyl groups is 1. The summed E-state index contributed by atoms with van der Waals surface area (Å²) < 4.78 is 4.99. The number of hydrogen-bond acceptors (Lipinski definition) is 4. The fraction of sp³-hybridized carbons (Fsp3) is 0.462. The monoisotopic (exact) mass is 248 g/mol. The molecule has 0 amide bonds. The first kappa shape index (κ1) is 11.5. The maximum Gasteiger partial charge on any atom is 0.417 e. The Morgan fingerprint density at radius 2 is 2.17 bits per heavy atom. The van der Waals surface area contributed by atoms with Crippen LogP contribution in [0.15, 0.2) is 27.4 Å². The number of oxazole rings is 1. The van der Waals surface area contributed by atoms with Gasteiger partial charge in [-0.15, -0.1) is 0 Å². The van der Waals surface area contributed by atoms with Crippen molar-refractivity contribution in [2.24, 2.45) is 0 Å². The number of fused-ring (bicyclic) bond motifs is 1. The molecule has 0 spiro atoms. The van der Waals surface area contributed by atoms with Crippen molar-refractivity contribution in [3.05, 3.63) is 34.3 Å². The summed E-state index contributed by atoms with van der Waals surface area (Å²) in [6.45, 7) is 2.75. The van der Waals surface area contributed by atoms with E-state index in [0.717, 1.165) is 18.7 Å². The Morgan fingerprint density at radius 3 is 2.94 bits per heavy atom. The van der Waals surface area contributed by atoms with Crippen LogP contribution in [0, 0.1) is 0 Å². The van der Waals surface area contributed by atoms with Crippen molar-refractivity contribution in [3.8, 4) is 0 Å². The summed E-state index contributed by atoms with van der Waals surface area (Å²) in [6.07, 6.45) is 1.88. The quantitative estimate of drug-likeness (QED) is 0.857. The molecule has 18 heavy (non-hydrogen) atoms. The third-order valence-electron chi connectivity index (χ3n) is 3.46. The van der Waals surface area contributed by atoms with E-state index in [1.54, 1.807) is 12.1 Å². The van der Waals surface area contributed by atoms with Gasteiger partial charge in [0, 0.05) is 6.54 Å². The summed E-state index contributed by atoms with van der Waals surface area (Å²) in [5.74, 6) is -0.462. The lowest BCUT2D eigenvalue weighted by Crippen LogP contribution is -2.25. The van der Waals surface area contributed by atoms with Crippen molar-refractivity contribution in [2.75, 3.05) is 19.6 Å². The third-order valence-corrected chi connectivity index (χ3v) is 3.46. The minimum absolute atomic E-state index is 0.462. The molecular weight excluding hydrogens is 232 g/mol. The van der Waals surface area contributed by atoms with Gasteiger partial charge in [0.1, 0.15) is 0 Å². The smallest absolute Gasteiger partial charge is 0.408 e. The Hall–Kier alpha value is -1.59. The van der Waals surface area contributed by atoms with Gasteiger partial charge in [0.2, 0.25) is 0 Å². The van der Waals surface area contributed by atoms with E-state index >= 15 is 0 Å². The number of β-amino-alcohol motifs (C(OH)–C–C–N with tert-alkyl or cyclic N) is 1. The molecule has 0 aliphatic carbocycles. The van der Waals surface area contributed by atoms with Gasteiger partial charge in [-0.3, -0.25) is 4.98 Å². The second-order valence-electron chi connectivity index (χ2n) is 4.79. The molecule has 0 radical (unpaired) electrons. The molecule has 1 aliphatic heterocycles. The first-order valence-corrected chi connectivity index (χ1v) is 6.25. The number of benzene rings is 1. The SMILES string of the molecule is O=c1[nH]c2ccc(C(O)CN3CCCC3)cc2o1. The minimum atomic E-state index is -0.535. The highest BCUT2D eigenvalue weighted by molar-refractivity contribution is 5.72. The molecule has 1 unspecified atom stereocenters. The van der Waals surface area contributed by atoms with E-state index in [2.05, 4.69) is 9.88 Å². The topological polar surface area (TPSA) is 69.5 Å². The van der Waals surface area contributed by atoms with Crippen LogP contribution < -0.4 is 5.76 Å². The van der Waals surface area contributed by atoms with Crippen molar-refractivity contribution < 1.29 is 9.52 Å². The van der Waals surface area contributed by atoms with Gasteiger partial charge < -0.3 is 14.4 Å².